The van der Waals surface area contributed by atoms with Gasteiger partial charge in [0.05, 0.1) is 38.5 Å². The average Bonchev–Trinajstić information content (AvgIpc) is 3.93. The number of halogens is 1. The van der Waals surface area contributed by atoms with Gasteiger partial charge in [-0.05, 0) is 36.4 Å². The van der Waals surface area contributed by atoms with Gasteiger partial charge in [0.25, 0.3) is 0 Å². The van der Waals surface area contributed by atoms with Crippen molar-refractivity contribution in [1.29, 1.82) is 0 Å². The summed E-state index contributed by atoms with van der Waals surface area (Å²) < 4.78 is 17.0. The van der Waals surface area contributed by atoms with Crippen molar-refractivity contribution in [3.05, 3.63) is 157 Å². The second-order valence-electron chi connectivity index (χ2n) is 12.8. The first-order valence-electron chi connectivity index (χ1n) is 16.8. The van der Waals surface area contributed by atoms with Crippen LogP contribution in [-0.4, -0.2) is 19.1 Å². The SMILES string of the molecule is Clc1c(-n2c(-c3ccccc3)nc3cc4c(cc32)oc2ccccc24)cccc1-n1c(-c2ccccc2)nc2cc3c(cc21)oc1ccccc13. The van der Waals surface area contributed by atoms with Crippen molar-refractivity contribution in [2.24, 2.45) is 0 Å². The minimum atomic E-state index is 0.555. The maximum atomic E-state index is 7.63. The summed E-state index contributed by atoms with van der Waals surface area (Å²) in [4.78, 5) is 10.5. The Morgan fingerprint density at radius 2 is 0.843 bits per heavy atom. The van der Waals surface area contributed by atoms with Gasteiger partial charge in [0.1, 0.15) is 34.0 Å². The van der Waals surface area contributed by atoms with Crippen molar-refractivity contribution in [1.82, 2.24) is 19.1 Å². The molecule has 7 heteroatoms. The molecule has 0 bridgehead atoms. The fourth-order valence-corrected chi connectivity index (χ4v) is 7.79. The molecule has 0 amide bonds. The molecule has 6 nitrogen and oxygen atoms in total. The zero-order valence-corrected chi connectivity index (χ0v) is 27.7. The molecule has 11 aromatic rings. The van der Waals surface area contributed by atoms with Crippen molar-refractivity contribution in [3.63, 3.8) is 0 Å². The minimum absolute atomic E-state index is 0.555. The summed E-state index contributed by atoms with van der Waals surface area (Å²) in [5, 5.41) is 4.72. The molecule has 0 radical (unpaired) electrons. The molecule has 0 saturated carbocycles. The van der Waals surface area contributed by atoms with E-state index in [2.05, 4.69) is 69.8 Å². The lowest BCUT2D eigenvalue weighted by Crippen LogP contribution is -2.04. The van der Waals surface area contributed by atoms with Crippen LogP contribution >= 0.6 is 11.6 Å². The van der Waals surface area contributed by atoms with Gasteiger partial charge >= 0.3 is 0 Å². The molecule has 0 aliphatic carbocycles. The smallest absolute Gasteiger partial charge is 0.145 e. The molecule has 0 N–H and O–H groups in total. The number of para-hydroxylation sites is 2. The summed E-state index contributed by atoms with van der Waals surface area (Å²) in [6.07, 6.45) is 0. The van der Waals surface area contributed by atoms with E-state index in [4.69, 9.17) is 30.4 Å². The van der Waals surface area contributed by atoms with Crippen LogP contribution in [0.3, 0.4) is 0 Å². The van der Waals surface area contributed by atoms with Gasteiger partial charge in [-0.25, -0.2) is 9.97 Å². The molecule has 51 heavy (non-hydrogen) atoms. The lowest BCUT2D eigenvalue weighted by atomic mass is 10.1. The largest absolute Gasteiger partial charge is 0.456 e. The van der Waals surface area contributed by atoms with Crippen LogP contribution in [0.5, 0.6) is 0 Å². The molecular weight excluding hydrogens is 652 g/mol. The maximum absolute atomic E-state index is 7.63. The Labute approximate surface area is 295 Å². The number of rotatable bonds is 4. The van der Waals surface area contributed by atoms with E-state index in [1.54, 1.807) is 0 Å². The first-order chi connectivity index (χ1) is 25.2. The van der Waals surface area contributed by atoms with Crippen molar-refractivity contribution in [3.8, 4) is 34.2 Å². The molecule has 11 rings (SSSR count). The fraction of sp³-hybridized carbons (Fsp3) is 0. The van der Waals surface area contributed by atoms with Crippen molar-refractivity contribution in [2.75, 3.05) is 0 Å². The van der Waals surface area contributed by atoms with Gasteiger partial charge in [-0.2, -0.15) is 0 Å². The molecule has 240 valence electrons. The highest BCUT2D eigenvalue weighted by atomic mass is 35.5. The van der Waals surface area contributed by atoms with Crippen LogP contribution < -0.4 is 0 Å². The normalized spacial score (nSPS) is 12.0. The predicted octanol–water partition coefficient (Wildman–Crippen LogP) is 12.2. The van der Waals surface area contributed by atoms with E-state index in [1.165, 1.54) is 0 Å². The Kier molecular flexibility index (Phi) is 5.91. The number of hydrogen-bond acceptors (Lipinski definition) is 4. The lowest BCUT2D eigenvalue weighted by molar-refractivity contribution is 0.669. The number of fused-ring (bicyclic) bond motifs is 8. The molecule has 0 fully saturated rings. The molecule has 0 aliphatic rings. The zero-order chi connectivity index (χ0) is 33.6. The lowest BCUT2D eigenvalue weighted by Gasteiger charge is -2.17. The fourth-order valence-electron chi connectivity index (χ4n) is 7.49. The summed E-state index contributed by atoms with van der Waals surface area (Å²) in [5.74, 6) is 1.56. The molecule has 7 aromatic carbocycles. The molecule has 0 atom stereocenters. The summed E-state index contributed by atoms with van der Waals surface area (Å²) in [6, 6.07) is 51.1. The van der Waals surface area contributed by atoms with Crippen LogP contribution in [0.25, 0.3) is 100 Å². The Hall–Kier alpha value is -6.63. The summed E-state index contributed by atoms with van der Waals surface area (Å²) in [7, 11) is 0. The van der Waals surface area contributed by atoms with E-state index < -0.39 is 0 Å². The third-order valence-corrected chi connectivity index (χ3v) is 10.2. The molecule has 0 spiro atoms. The molecule has 0 aliphatic heterocycles. The Balaban J connectivity index is 1.21. The van der Waals surface area contributed by atoms with Crippen LogP contribution in [0.1, 0.15) is 0 Å². The van der Waals surface area contributed by atoms with E-state index in [1.807, 2.05) is 91.0 Å². The number of imidazole rings is 2. The average molecular weight is 677 g/mol. The van der Waals surface area contributed by atoms with E-state index in [9.17, 15) is 0 Å². The van der Waals surface area contributed by atoms with Gasteiger partial charge in [-0.1, -0.05) is 115 Å². The second-order valence-corrected chi connectivity index (χ2v) is 13.1. The van der Waals surface area contributed by atoms with Crippen LogP contribution in [0.4, 0.5) is 0 Å². The van der Waals surface area contributed by atoms with Crippen LogP contribution in [0.2, 0.25) is 5.02 Å². The molecule has 4 heterocycles. The van der Waals surface area contributed by atoms with Crippen LogP contribution in [0, 0.1) is 0 Å². The van der Waals surface area contributed by atoms with Gasteiger partial charge in [0.15, 0.2) is 0 Å². The Bertz CT molecular complexity index is 2940. The highest BCUT2D eigenvalue weighted by Crippen LogP contribution is 2.41. The molecule has 0 unspecified atom stereocenters. The Morgan fingerprint density at radius 3 is 1.31 bits per heavy atom. The topological polar surface area (TPSA) is 61.9 Å². The van der Waals surface area contributed by atoms with Gasteiger partial charge < -0.3 is 8.83 Å². The number of furan rings is 2. The number of nitrogens with zero attached hydrogens (tertiary/aromatic N) is 4. The minimum Gasteiger partial charge on any atom is -0.456 e. The number of benzene rings is 7. The van der Waals surface area contributed by atoms with Gasteiger partial charge in [-0.3, -0.25) is 9.13 Å². The molecular formula is C44H25ClN4O2. The van der Waals surface area contributed by atoms with E-state index in [0.29, 0.717) is 5.02 Å². The van der Waals surface area contributed by atoms with Crippen LogP contribution in [-0.2, 0) is 0 Å². The van der Waals surface area contributed by atoms with Crippen molar-refractivity contribution >= 4 is 77.5 Å². The van der Waals surface area contributed by atoms with Gasteiger partial charge in [0.2, 0.25) is 0 Å². The van der Waals surface area contributed by atoms with Crippen molar-refractivity contribution in [2.45, 2.75) is 0 Å². The summed E-state index contributed by atoms with van der Waals surface area (Å²) in [6.45, 7) is 0. The quantitative estimate of drug-likeness (QED) is 0.186. The third-order valence-electron chi connectivity index (χ3n) is 9.81. The molecule has 4 aromatic heterocycles. The first-order valence-corrected chi connectivity index (χ1v) is 17.1. The summed E-state index contributed by atoms with van der Waals surface area (Å²) in [5.41, 5.74) is 10.3. The van der Waals surface area contributed by atoms with Gasteiger partial charge in [-0.15, -0.1) is 0 Å². The van der Waals surface area contributed by atoms with Crippen molar-refractivity contribution < 1.29 is 8.83 Å². The molecule has 0 saturated heterocycles. The van der Waals surface area contributed by atoms with Gasteiger partial charge in [0, 0.05) is 44.8 Å². The number of hydrogen-bond donors (Lipinski definition) is 0. The third kappa shape index (κ3) is 4.17. The number of aromatic nitrogens is 4. The summed E-state index contributed by atoms with van der Waals surface area (Å²) >= 11 is 7.63. The maximum Gasteiger partial charge on any atom is 0.145 e. The first kappa shape index (κ1) is 28.2. The van der Waals surface area contributed by atoms with E-state index >= 15 is 0 Å². The Morgan fingerprint density at radius 1 is 0.412 bits per heavy atom. The highest BCUT2D eigenvalue weighted by Gasteiger charge is 2.24. The highest BCUT2D eigenvalue weighted by molar-refractivity contribution is 6.34. The zero-order valence-electron chi connectivity index (χ0n) is 26.9. The van der Waals surface area contributed by atoms with E-state index in [-0.39, 0.29) is 0 Å². The van der Waals surface area contributed by atoms with E-state index in [0.717, 1.165) is 100 Å². The second kappa shape index (κ2) is 10.7. The monoisotopic (exact) mass is 676 g/mol. The predicted molar refractivity (Wildman–Crippen MR) is 206 cm³/mol. The van der Waals surface area contributed by atoms with Crippen LogP contribution in [0.15, 0.2) is 160 Å². The standard InChI is InChI=1S/C44H25ClN4O2/c45-42-34(48-36-24-40-30(28-16-7-9-20-38(28)50-40)22-32(36)46-43(48)26-12-3-1-4-13-26)18-11-19-35(42)49-37-25-41-31(29-17-8-10-21-39(29)51-41)23-33(37)47-44(49)27-14-5-2-6-15-27/h1-25H.